The van der Waals surface area contributed by atoms with Gasteiger partial charge in [-0.3, -0.25) is 4.79 Å². The van der Waals surface area contributed by atoms with E-state index in [1.54, 1.807) is 12.0 Å². The minimum atomic E-state index is -0.0288. The fourth-order valence-electron chi connectivity index (χ4n) is 1.87. The molecule has 0 spiro atoms. The van der Waals surface area contributed by atoms with Crippen LogP contribution in [0.5, 0.6) is 5.75 Å². The van der Waals surface area contributed by atoms with Gasteiger partial charge >= 0.3 is 0 Å². The minimum Gasteiger partial charge on any atom is -0.497 e. The number of carbonyl (C=O) groups is 1. The summed E-state index contributed by atoms with van der Waals surface area (Å²) in [6.07, 6.45) is 0.873. The molecule has 0 aliphatic carbocycles. The molecule has 1 amide bonds. The fourth-order valence-corrected chi connectivity index (χ4v) is 1.87. The molecule has 1 aliphatic rings. The van der Waals surface area contributed by atoms with Crippen molar-refractivity contribution in [2.75, 3.05) is 25.1 Å². The zero-order chi connectivity index (χ0) is 10.8. The minimum absolute atomic E-state index is 0. The smallest absolute Gasteiger partial charge is 0.240 e. The summed E-state index contributed by atoms with van der Waals surface area (Å²) in [4.78, 5) is 13.2. The van der Waals surface area contributed by atoms with Crippen molar-refractivity contribution in [3.63, 3.8) is 0 Å². The molecule has 16 heavy (non-hydrogen) atoms. The molecule has 1 aliphatic heterocycles. The molecule has 0 atom stereocenters. The maximum atomic E-state index is 11.5. The lowest BCUT2D eigenvalue weighted by molar-refractivity contribution is -0.117. The van der Waals surface area contributed by atoms with E-state index in [9.17, 15) is 4.79 Å². The van der Waals surface area contributed by atoms with Gasteiger partial charge in [-0.15, -0.1) is 12.4 Å². The van der Waals surface area contributed by atoms with Gasteiger partial charge in [0.1, 0.15) is 5.75 Å². The fraction of sp³-hybridized carbons (Fsp3) is 0.364. The summed E-state index contributed by atoms with van der Waals surface area (Å²) in [6, 6.07) is 5.74. The molecular weight excluding hydrogens is 228 g/mol. The van der Waals surface area contributed by atoms with Crippen LogP contribution in [0, 0.1) is 0 Å². The van der Waals surface area contributed by atoms with Gasteiger partial charge in [-0.05, 0) is 30.2 Å². The zero-order valence-corrected chi connectivity index (χ0v) is 9.92. The Morgan fingerprint density at radius 2 is 2.31 bits per heavy atom. The number of halogens is 1. The van der Waals surface area contributed by atoms with E-state index in [0.29, 0.717) is 0 Å². The summed E-state index contributed by atoms with van der Waals surface area (Å²) in [7, 11) is 1.64. The summed E-state index contributed by atoms with van der Waals surface area (Å²) in [6.45, 7) is 0.782. The number of fused-ring (bicyclic) bond motifs is 1. The molecular formula is C11H15ClN2O2. The Balaban J connectivity index is 0.00000128. The standard InChI is InChI=1S/C11H14N2O2.ClH/c1-15-9-2-3-10-8(6-9)4-5-13(10)11(14)7-12;/h2-3,6H,4-5,7,12H2,1H3;1H. The van der Waals surface area contributed by atoms with E-state index < -0.39 is 0 Å². The van der Waals surface area contributed by atoms with E-state index in [-0.39, 0.29) is 24.9 Å². The highest BCUT2D eigenvalue weighted by atomic mass is 35.5. The first-order valence-corrected chi connectivity index (χ1v) is 4.93. The molecule has 0 unspecified atom stereocenters. The van der Waals surface area contributed by atoms with Crippen molar-refractivity contribution in [3.8, 4) is 5.75 Å². The van der Waals surface area contributed by atoms with Crippen molar-refractivity contribution in [1.82, 2.24) is 0 Å². The molecule has 1 heterocycles. The third-order valence-corrected chi connectivity index (χ3v) is 2.66. The zero-order valence-electron chi connectivity index (χ0n) is 9.10. The van der Waals surface area contributed by atoms with Crippen LogP contribution in [-0.4, -0.2) is 26.1 Å². The summed E-state index contributed by atoms with van der Waals surface area (Å²) in [5.41, 5.74) is 7.46. The second-order valence-electron chi connectivity index (χ2n) is 3.49. The normalized spacial score (nSPS) is 13.0. The van der Waals surface area contributed by atoms with E-state index in [0.717, 1.165) is 30.0 Å². The number of hydrogen-bond donors (Lipinski definition) is 1. The van der Waals surface area contributed by atoms with E-state index in [2.05, 4.69) is 0 Å². The Labute approximate surface area is 101 Å². The molecule has 0 saturated heterocycles. The largest absolute Gasteiger partial charge is 0.497 e. The van der Waals surface area contributed by atoms with Gasteiger partial charge in [0.05, 0.1) is 13.7 Å². The number of amides is 1. The van der Waals surface area contributed by atoms with E-state index in [1.807, 2.05) is 18.2 Å². The van der Waals surface area contributed by atoms with Gasteiger partial charge in [-0.1, -0.05) is 0 Å². The number of rotatable bonds is 2. The summed E-state index contributed by atoms with van der Waals surface area (Å²) < 4.78 is 5.13. The maximum absolute atomic E-state index is 11.5. The Morgan fingerprint density at radius 1 is 1.56 bits per heavy atom. The molecule has 0 radical (unpaired) electrons. The molecule has 1 aromatic carbocycles. The van der Waals surface area contributed by atoms with Crippen LogP contribution in [0.3, 0.4) is 0 Å². The van der Waals surface area contributed by atoms with Crippen molar-refractivity contribution in [1.29, 1.82) is 0 Å². The van der Waals surface area contributed by atoms with Crippen molar-refractivity contribution < 1.29 is 9.53 Å². The highest BCUT2D eigenvalue weighted by Crippen LogP contribution is 2.30. The van der Waals surface area contributed by atoms with Crippen LogP contribution in [0.2, 0.25) is 0 Å². The highest BCUT2D eigenvalue weighted by molar-refractivity contribution is 5.96. The van der Waals surface area contributed by atoms with E-state index in [1.165, 1.54) is 0 Å². The van der Waals surface area contributed by atoms with Gasteiger partial charge in [0.15, 0.2) is 0 Å². The molecule has 2 N–H and O–H groups in total. The lowest BCUT2D eigenvalue weighted by atomic mass is 10.1. The van der Waals surface area contributed by atoms with Crippen molar-refractivity contribution in [2.45, 2.75) is 6.42 Å². The van der Waals surface area contributed by atoms with Crippen molar-refractivity contribution in [2.24, 2.45) is 5.73 Å². The number of benzene rings is 1. The number of anilines is 1. The second-order valence-corrected chi connectivity index (χ2v) is 3.49. The molecule has 1 aromatic rings. The van der Waals surface area contributed by atoms with E-state index in [4.69, 9.17) is 10.5 Å². The molecule has 0 bridgehead atoms. The van der Waals surface area contributed by atoms with Crippen LogP contribution >= 0.6 is 12.4 Å². The van der Waals surface area contributed by atoms with Crippen LogP contribution in [0.25, 0.3) is 0 Å². The van der Waals surface area contributed by atoms with Crippen LogP contribution in [0.4, 0.5) is 5.69 Å². The van der Waals surface area contributed by atoms with E-state index >= 15 is 0 Å². The third kappa shape index (κ3) is 2.13. The number of methoxy groups -OCH3 is 1. The van der Waals surface area contributed by atoms with Crippen LogP contribution in [0.15, 0.2) is 18.2 Å². The predicted octanol–water partition coefficient (Wildman–Crippen LogP) is 0.965. The Bertz CT molecular complexity index is 396. The number of carbonyl (C=O) groups excluding carboxylic acids is 1. The summed E-state index contributed by atoms with van der Waals surface area (Å²) >= 11 is 0. The Kier molecular flexibility index (Phi) is 4.15. The summed E-state index contributed by atoms with van der Waals surface area (Å²) in [5.74, 6) is 0.801. The molecule has 0 fully saturated rings. The Morgan fingerprint density at radius 3 is 2.94 bits per heavy atom. The molecule has 2 rings (SSSR count). The first kappa shape index (κ1) is 12.8. The first-order valence-electron chi connectivity index (χ1n) is 4.93. The van der Waals surface area contributed by atoms with Gasteiger partial charge in [0.25, 0.3) is 0 Å². The number of ether oxygens (including phenoxy) is 1. The second kappa shape index (κ2) is 5.18. The van der Waals surface area contributed by atoms with Gasteiger partial charge in [0.2, 0.25) is 5.91 Å². The lowest BCUT2D eigenvalue weighted by Crippen LogP contribution is -2.34. The number of hydrogen-bond acceptors (Lipinski definition) is 3. The number of nitrogens with two attached hydrogens (primary N) is 1. The molecule has 0 saturated carbocycles. The van der Waals surface area contributed by atoms with Crippen molar-refractivity contribution >= 4 is 24.0 Å². The van der Waals surface area contributed by atoms with Crippen LogP contribution in [0.1, 0.15) is 5.56 Å². The topological polar surface area (TPSA) is 55.6 Å². The van der Waals surface area contributed by atoms with Crippen LogP contribution in [-0.2, 0) is 11.2 Å². The SMILES string of the molecule is COc1ccc2c(c1)CCN2C(=O)CN.Cl. The van der Waals surface area contributed by atoms with Gasteiger partial charge in [-0.2, -0.15) is 0 Å². The summed E-state index contributed by atoms with van der Waals surface area (Å²) in [5, 5.41) is 0. The van der Waals surface area contributed by atoms with Crippen LogP contribution < -0.4 is 15.4 Å². The monoisotopic (exact) mass is 242 g/mol. The van der Waals surface area contributed by atoms with Gasteiger partial charge in [0, 0.05) is 12.2 Å². The molecule has 4 nitrogen and oxygen atoms in total. The number of nitrogens with zero attached hydrogens (tertiary/aromatic N) is 1. The third-order valence-electron chi connectivity index (χ3n) is 2.66. The predicted molar refractivity (Wildman–Crippen MR) is 65.4 cm³/mol. The average molecular weight is 243 g/mol. The van der Waals surface area contributed by atoms with Gasteiger partial charge < -0.3 is 15.4 Å². The molecule has 5 heteroatoms. The molecule has 0 aromatic heterocycles. The maximum Gasteiger partial charge on any atom is 0.240 e. The Hall–Kier alpha value is -1.26. The van der Waals surface area contributed by atoms with Gasteiger partial charge in [-0.25, -0.2) is 0 Å². The quantitative estimate of drug-likeness (QED) is 0.841. The lowest BCUT2D eigenvalue weighted by Gasteiger charge is -2.16. The average Bonchev–Trinajstić information content (AvgIpc) is 2.70. The highest BCUT2D eigenvalue weighted by Gasteiger charge is 2.23. The van der Waals surface area contributed by atoms with Crippen molar-refractivity contribution in [3.05, 3.63) is 23.8 Å². The first-order chi connectivity index (χ1) is 7.26. The molecule has 88 valence electrons.